The molecule has 0 aromatic heterocycles. The SMILES string of the molecule is CCc1ccc(NC(=O)COc2ccc(C(=S)N3CCOCC3)cc2Cl)cc1. The number of nitrogens with zero attached hydrogens (tertiary/aromatic N) is 1. The molecule has 0 radical (unpaired) electrons. The number of carbonyl (C=O) groups is 1. The molecule has 1 aliphatic rings. The Morgan fingerprint density at radius 3 is 2.57 bits per heavy atom. The van der Waals surface area contributed by atoms with Crippen LogP contribution in [0.2, 0.25) is 5.02 Å². The summed E-state index contributed by atoms with van der Waals surface area (Å²) in [5.74, 6) is 0.208. The minimum Gasteiger partial charge on any atom is -0.482 e. The smallest absolute Gasteiger partial charge is 0.262 e. The van der Waals surface area contributed by atoms with Gasteiger partial charge in [0.1, 0.15) is 10.7 Å². The van der Waals surface area contributed by atoms with E-state index in [2.05, 4.69) is 17.1 Å². The lowest BCUT2D eigenvalue weighted by atomic mass is 10.1. The van der Waals surface area contributed by atoms with E-state index in [-0.39, 0.29) is 12.5 Å². The Morgan fingerprint density at radius 1 is 1.21 bits per heavy atom. The Labute approximate surface area is 175 Å². The van der Waals surface area contributed by atoms with Gasteiger partial charge in [-0.2, -0.15) is 0 Å². The molecule has 2 aromatic carbocycles. The van der Waals surface area contributed by atoms with Crippen molar-refractivity contribution in [3.8, 4) is 5.75 Å². The molecule has 5 nitrogen and oxygen atoms in total. The highest BCUT2D eigenvalue weighted by Crippen LogP contribution is 2.26. The summed E-state index contributed by atoms with van der Waals surface area (Å²) in [5.41, 5.74) is 2.81. The van der Waals surface area contributed by atoms with Crippen molar-refractivity contribution in [1.82, 2.24) is 4.90 Å². The minimum absolute atomic E-state index is 0.123. The number of thiocarbonyl (C=S) groups is 1. The second kappa shape index (κ2) is 9.87. The topological polar surface area (TPSA) is 50.8 Å². The van der Waals surface area contributed by atoms with E-state index < -0.39 is 0 Å². The highest BCUT2D eigenvalue weighted by atomic mass is 35.5. The van der Waals surface area contributed by atoms with E-state index in [0.29, 0.717) is 24.0 Å². The molecular formula is C21H23ClN2O3S. The molecule has 1 saturated heterocycles. The minimum atomic E-state index is -0.242. The summed E-state index contributed by atoms with van der Waals surface area (Å²) >= 11 is 11.9. The van der Waals surface area contributed by atoms with Crippen molar-refractivity contribution < 1.29 is 14.3 Å². The van der Waals surface area contributed by atoms with Gasteiger partial charge in [-0.15, -0.1) is 0 Å². The summed E-state index contributed by atoms with van der Waals surface area (Å²) in [6.07, 6.45) is 0.959. The van der Waals surface area contributed by atoms with Gasteiger partial charge in [-0.3, -0.25) is 4.79 Å². The summed E-state index contributed by atoms with van der Waals surface area (Å²) in [6.45, 7) is 4.85. The van der Waals surface area contributed by atoms with Gasteiger partial charge in [-0.05, 0) is 42.3 Å². The van der Waals surface area contributed by atoms with Gasteiger partial charge in [0.25, 0.3) is 5.91 Å². The van der Waals surface area contributed by atoms with E-state index in [0.717, 1.165) is 35.7 Å². The fourth-order valence-electron chi connectivity index (χ4n) is 2.86. The molecule has 1 N–H and O–H groups in total. The summed E-state index contributed by atoms with van der Waals surface area (Å²) in [7, 11) is 0. The van der Waals surface area contributed by atoms with Gasteiger partial charge in [0, 0.05) is 24.3 Å². The third-order valence-corrected chi connectivity index (χ3v) is 5.27. The normalized spacial score (nSPS) is 13.9. The van der Waals surface area contributed by atoms with E-state index in [1.807, 2.05) is 30.3 Å². The second-order valence-corrected chi connectivity index (χ2v) is 7.23. The first-order valence-corrected chi connectivity index (χ1v) is 10.0. The van der Waals surface area contributed by atoms with Crippen molar-refractivity contribution in [3.63, 3.8) is 0 Å². The average molecular weight is 419 g/mol. The van der Waals surface area contributed by atoms with E-state index in [1.54, 1.807) is 12.1 Å². The predicted octanol–water partition coefficient (Wildman–Crippen LogP) is 3.93. The average Bonchev–Trinajstić information content (AvgIpc) is 2.73. The van der Waals surface area contributed by atoms with Crippen LogP contribution in [0.3, 0.4) is 0 Å². The van der Waals surface area contributed by atoms with Crippen LogP contribution in [0.5, 0.6) is 5.75 Å². The van der Waals surface area contributed by atoms with Gasteiger partial charge in [-0.25, -0.2) is 0 Å². The van der Waals surface area contributed by atoms with Crippen LogP contribution < -0.4 is 10.1 Å². The summed E-state index contributed by atoms with van der Waals surface area (Å²) < 4.78 is 10.9. The van der Waals surface area contributed by atoms with Crippen LogP contribution in [-0.2, 0) is 16.0 Å². The number of morpholine rings is 1. The van der Waals surface area contributed by atoms with Crippen LogP contribution in [0.25, 0.3) is 0 Å². The molecule has 148 valence electrons. The third kappa shape index (κ3) is 5.44. The molecular weight excluding hydrogens is 396 g/mol. The van der Waals surface area contributed by atoms with Gasteiger partial charge in [0.2, 0.25) is 0 Å². The van der Waals surface area contributed by atoms with Gasteiger partial charge in [0.15, 0.2) is 6.61 Å². The molecule has 1 fully saturated rings. The van der Waals surface area contributed by atoms with E-state index >= 15 is 0 Å². The van der Waals surface area contributed by atoms with Crippen LogP contribution in [-0.4, -0.2) is 48.7 Å². The van der Waals surface area contributed by atoms with Crippen LogP contribution in [0.4, 0.5) is 5.69 Å². The number of anilines is 1. The van der Waals surface area contributed by atoms with Crippen LogP contribution in [0.15, 0.2) is 42.5 Å². The summed E-state index contributed by atoms with van der Waals surface area (Å²) in [5, 5.41) is 3.23. The molecule has 0 unspecified atom stereocenters. The monoisotopic (exact) mass is 418 g/mol. The first-order chi connectivity index (χ1) is 13.6. The maximum atomic E-state index is 12.1. The molecule has 3 rings (SSSR count). The first-order valence-electron chi connectivity index (χ1n) is 9.25. The fourth-order valence-corrected chi connectivity index (χ4v) is 3.41. The Morgan fingerprint density at radius 2 is 1.93 bits per heavy atom. The molecule has 28 heavy (non-hydrogen) atoms. The number of amides is 1. The van der Waals surface area contributed by atoms with Crippen LogP contribution in [0, 0.1) is 0 Å². The zero-order valence-electron chi connectivity index (χ0n) is 15.7. The second-order valence-electron chi connectivity index (χ2n) is 6.44. The Balaban J connectivity index is 1.55. The number of nitrogens with one attached hydrogen (secondary N) is 1. The molecule has 1 amide bonds. The number of rotatable bonds is 6. The molecule has 0 saturated carbocycles. The Kier molecular flexibility index (Phi) is 7.25. The number of aryl methyl sites for hydroxylation is 1. The van der Waals surface area contributed by atoms with Crippen molar-refractivity contribution in [2.45, 2.75) is 13.3 Å². The number of hydrogen-bond donors (Lipinski definition) is 1. The predicted molar refractivity (Wildman–Crippen MR) is 115 cm³/mol. The third-order valence-electron chi connectivity index (χ3n) is 4.48. The van der Waals surface area contributed by atoms with Gasteiger partial charge >= 0.3 is 0 Å². The molecule has 0 bridgehead atoms. The number of hydrogen-bond acceptors (Lipinski definition) is 4. The number of benzene rings is 2. The van der Waals surface area contributed by atoms with Crippen LogP contribution >= 0.6 is 23.8 Å². The van der Waals surface area contributed by atoms with Crippen molar-refractivity contribution in [2.75, 3.05) is 38.2 Å². The number of carbonyl (C=O) groups excluding carboxylic acids is 1. The largest absolute Gasteiger partial charge is 0.482 e. The highest BCUT2D eigenvalue weighted by Gasteiger charge is 2.16. The molecule has 1 heterocycles. The molecule has 7 heteroatoms. The summed E-state index contributed by atoms with van der Waals surface area (Å²) in [4.78, 5) is 15.0. The highest BCUT2D eigenvalue weighted by molar-refractivity contribution is 7.80. The zero-order chi connectivity index (χ0) is 19.9. The number of halogens is 1. The maximum absolute atomic E-state index is 12.1. The van der Waals surface area contributed by atoms with E-state index in [1.165, 1.54) is 5.56 Å². The standard InChI is InChI=1S/C21H23ClN2O3S/c1-2-15-3-6-17(7-4-15)23-20(25)14-27-19-8-5-16(13-18(19)22)21(28)24-9-11-26-12-10-24/h3-8,13H,2,9-12,14H2,1H3,(H,23,25). The Hall–Kier alpha value is -2.15. The number of ether oxygens (including phenoxy) is 2. The van der Waals surface area contributed by atoms with Crippen molar-refractivity contribution >= 4 is 40.4 Å². The van der Waals surface area contributed by atoms with Gasteiger partial charge in [0.05, 0.1) is 18.2 Å². The molecule has 0 atom stereocenters. The van der Waals surface area contributed by atoms with E-state index in [9.17, 15) is 4.79 Å². The fraction of sp³-hybridized carbons (Fsp3) is 0.333. The van der Waals surface area contributed by atoms with E-state index in [4.69, 9.17) is 33.3 Å². The lowest BCUT2D eigenvalue weighted by molar-refractivity contribution is -0.118. The van der Waals surface area contributed by atoms with Crippen LogP contribution in [0.1, 0.15) is 18.1 Å². The van der Waals surface area contributed by atoms with Gasteiger partial charge in [-0.1, -0.05) is 42.9 Å². The van der Waals surface area contributed by atoms with Crippen molar-refractivity contribution in [1.29, 1.82) is 0 Å². The van der Waals surface area contributed by atoms with Crippen molar-refractivity contribution in [3.05, 3.63) is 58.6 Å². The zero-order valence-corrected chi connectivity index (χ0v) is 17.3. The molecule has 2 aromatic rings. The van der Waals surface area contributed by atoms with Crippen molar-refractivity contribution in [2.24, 2.45) is 0 Å². The molecule has 0 spiro atoms. The lowest BCUT2D eigenvalue weighted by Gasteiger charge is -2.29. The van der Waals surface area contributed by atoms with Gasteiger partial charge < -0.3 is 19.7 Å². The quantitative estimate of drug-likeness (QED) is 0.720. The first kappa shape index (κ1) is 20.6. The maximum Gasteiger partial charge on any atom is 0.262 e. The Bertz CT molecular complexity index is 836. The lowest BCUT2D eigenvalue weighted by Crippen LogP contribution is -2.40. The summed E-state index contributed by atoms with van der Waals surface area (Å²) in [6, 6.07) is 13.1. The molecule has 1 aliphatic heterocycles. The molecule has 0 aliphatic carbocycles.